The number of carbonyl (C=O) groups excluding carboxylic acids is 2. The molecular weight excluding hydrogens is 721 g/mol. The van der Waals surface area contributed by atoms with Crippen molar-refractivity contribution in [3.63, 3.8) is 0 Å². The number of likely N-dealkylation sites (N-methyl/N-ethyl adjacent to an activating group) is 1. The Bertz CT molecular complexity index is 961. The number of amides is 2. The second kappa shape index (κ2) is 36.6. The van der Waals surface area contributed by atoms with Gasteiger partial charge in [0.1, 0.15) is 19.3 Å². The fourth-order valence-corrected chi connectivity index (χ4v) is 7.98. The van der Waals surface area contributed by atoms with Crippen LogP contribution >= 0.6 is 7.82 Å². The number of carbonyl (C=O) groups is 2. The van der Waals surface area contributed by atoms with Gasteiger partial charge in [0.25, 0.3) is 0 Å². The fourth-order valence-electron chi connectivity index (χ4n) is 7.10. The molecule has 0 heterocycles. The minimum absolute atomic E-state index is 0.0344. The Morgan fingerprint density at radius 3 is 1.12 bits per heavy atom. The van der Waals surface area contributed by atoms with Gasteiger partial charge in [-0.15, -0.1) is 0 Å². The maximum atomic E-state index is 13.2. The Kier molecular flexibility index (Phi) is 35.6. The van der Waals surface area contributed by atoms with Crippen molar-refractivity contribution in [2.24, 2.45) is 0 Å². The van der Waals surface area contributed by atoms with Crippen LogP contribution < -0.4 is 0 Å². The summed E-state index contributed by atoms with van der Waals surface area (Å²) in [5.74, 6) is -0.527. The van der Waals surface area contributed by atoms with E-state index in [4.69, 9.17) is 9.05 Å². The third-order valence-corrected chi connectivity index (χ3v) is 11.8. The van der Waals surface area contributed by atoms with Crippen LogP contribution in [0.2, 0.25) is 0 Å². The zero-order valence-corrected chi connectivity index (χ0v) is 38.4. The summed E-state index contributed by atoms with van der Waals surface area (Å²) in [6.07, 6.45) is 36.5. The molecule has 10 heteroatoms. The molecule has 0 aromatic heterocycles. The van der Waals surface area contributed by atoms with Gasteiger partial charge in [0.2, 0.25) is 11.8 Å². The molecule has 0 aliphatic heterocycles. The van der Waals surface area contributed by atoms with E-state index in [1.165, 1.54) is 153 Å². The Labute approximate surface area is 346 Å². The SMILES string of the molecule is C=CC(=O)N(CCCCCCCCCCCCCCCC)CC(CN(CCCCCCCCCCCCCCCC)C(=O)C=C)OP(=O)(O)OCC[N+](C)(C)C. The van der Waals surface area contributed by atoms with Crippen molar-refractivity contribution >= 4 is 19.6 Å². The molecule has 0 aliphatic rings. The molecule has 1 atom stereocenters. The molecule has 0 spiro atoms. The molecule has 0 bridgehead atoms. The second-order valence-electron chi connectivity index (χ2n) is 17.2. The maximum absolute atomic E-state index is 13.2. The van der Waals surface area contributed by atoms with Crippen molar-refractivity contribution in [2.75, 3.05) is 60.5 Å². The van der Waals surface area contributed by atoms with E-state index >= 15 is 0 Å². The van der Waals surface area contributed by atoms with Crippen LogP contribution in [-0.2, 0) is 23.2 Å². The number of unbranched alkanes of at least 4 members (excludes halogenated alkanes) is 26. The zero-order chi connectivity index (χ0) is 41.8. The average Bonchev–Trinajstić information content (AvgIpc) is 3.15. The Morgan fingerprint density at radius 2 is 0.857 bits per heavy atom. The zero-order valence-electron chi connectivity index (χ0n) is 37.5. The predicted octanol–water partition coefficient (Wildman–Crippen LogP) is 12.2. The average molecular weight is 813 g/mol. The number of hydrogen-bond donors (Lipinski definition) is 1. The molecule has 0 radical (unpaired) electrons. The van der Waals surface area contributed by atoms with Crippen LogP contribution in [0.4, 0.5) is 0 Å². The highest BCUT2D eigenvalue weighted by atomic mass is 31.2. The van der Waals surface area contributed by atoms with Gasteiger partial charge in [-0.2, -0.15) is 0 Å². The first-order chi connectivity index (χ1) is 26.9. The van der Waals surface area contributed by atoms with E-state index < -0.39 is 13.9 Å². The molecule has 2 amide bonds. The van der Waals surface area contributed by atoms with Crippen molar-refractivity contribution in [3.05, 3.63) is 25.3 Å². The monoisotopic (exact) mass is 813 g/mol. The number of phosphoric acid groups is 1. The molecule has 0 aliphatic carbocycles. The number of hydrogen-bond acceptors (Lipinski definition) is 5. The molecule has 0 saturated carbocycles. The van der Waals surface area contributed by atoms with E-state index in [-0.39, 0.29) is 31.5 Å². The molecule has 0 fully saturated rings. The van der Waals surface area contributed by atoms with Crippen molar-refractivity contribution in [1.29, 1.82) is 0 Å². The Hall–Kier alpha value is -1.51. The minimum atomic E-state index is -4.49. The van der Waals surface area contributed by atoms with E-state index in [0.717, 1.165) is 38.5 Å². The first kappa shape index (κ1) is 54.5. The summed E-state index contributed by atoms with van der Waals surface area (Å²) in [6.45, 7) is 13.5. The van der Waals surface area contributed by atoms with Gasteiger partial charge in [-0.25, -0.2) is 4.57 Å². The lowest BCUT2D eigenvalue weighted by Gasteiger charge is -2.32. The summed E-state index contributed by atoms with van der Waals surface area (Å²) >= 11 is 0. The lowest BCUT2D eigenvalue weighted by Crippen LogP contribution is -2.45. The fraction of sp³-hybridized carbons (Fsp3) is 0.870. The normalized spacial score (nSPS) is 12.8. The third kappa shape index (κ3) is 34.5. The van der Waals surface area contributed by atoms with Crippen molar-refractivity contribution in [1.82, 2.24) is 9.80 Å². The Morgan fingerprint density at radius 1 is 0.571 bits per heavy atom. The van der Waals surface area contributed by atoms with Crippen LogP contribution in [0.25, 0.3) is 0 Å². The van der Waals surface area contributed by atoms with Gasteiger partial charge in [-0.3, -0.25) is 18.6 Å². The first-order valence-electron chi connectivity index (χ1n) is 23.2. The van der Waals surface area contributed by atoms with Crippen molar-refractivity contribution in [2.45, 2.75) is 200 Å². The standard InChI is InChI=1S/C46H90N3O6P/c1-8-12-14-16-18-20-22-24-26-28-30-32-34-36-38-47(45(50)10-3)42-44(55-56(52,53)54-41-40-49(5,6)7)43-48(46(51)11-4)39-37-35-33-31-29-27-25-23-21-19-17-15-13-9-2/h10-11,44H,3-4,8-9,12-43H2,1-2,5-7H3/p+1. The van der Waals surface area contributed by atoms with E-state index in [0.29, 0.717) is 24.1 Å². The molecule has 1 N–H and O–H groups in total. The molecule has 330 valence electrons. The van der Waals surface area contributed by atoms with Gasteiger partial charge in [0.05, 0.1) is 21.1 Å². The van der Waals surface area contributed by atoms with Gasteiger partial charge in [-0.1, -0.05) is 194 Å². The third-order valence-electron chi connectivity index (χ3n) is 10.7. The summed E-state index contributed by atoms with van der Waals surface area (Å²) in [5.41, 5.74) is 0. The topological polar surface area (TPSA) is 96.4 Å². The van der Waals surface area contributed by atoms with Gasteiger partial charge in [-0.05, 0) is 25.0 Å². The van der Waals surface area contributed by atoms with E-state index in [1.807, 2.05) is 21.1 Å². The summed E-state index contributed by atoms with van der Waals surface area (Å²) in [7, 11) is 1.44. The quantitative estimate of drug-likeness (QED) is 0.0285. The molecule has 0 saturated heterocycles. The Balaban J connectivity index is 5.08. The number of nitrogens with zero attached hydrogens (tertiary/aromatic N) is 3. The van der Waals surface area contributed by atoms with Gasteiger partial charge >= 0.3 is 7.82 Å². The smallest absolute Gasteiger partial charge is 0.336 e. The van der Waals surface area contributed by atoms with Gasteiger partial charge < -0.3 is 19.2 Å². The van der Waals surface area contributed by atoms with E-state index in [1.54, 1.807) is 9.80 Å². The van der Waals surface area contributed by atoms with Crippen LogP contribution in [0.5, 0.6) is 0 Å². The highest BCUT2D eigenvalue weighted by molar-refractivity contribution is 7.47. The summed E-state index contributed by atoms with van der Waals surface area (Å²) in [6, 6.07) is 0. The maximum Gasteiger partial charge on any atom is 0.472 e. The predicted molar refractivity (Wildman–Crippen MR) is 238 cm³/mol. The van der Waals surface area contributed by atoms with Crippen LogP contribution in [0, 0.1) is 0 Å². The van der Waals surface area contributed by atoms with Crippen LogP contribution in [0.1, 0.15) is 194 Å². The van der Waals surface area contributed by atoms with Crippen LogP contribution in [0.3, 0.4) is 0 Å². The highest BCUT2D eigenvalue weighted by Gasteiger charge is 2.31. The van der Waals surface area contributed by atoms with Crippen molar-refractivity contribution in [3.8, 4) is 0 Å². The molecular formula is C46H91N3O6P+. The van der Waals surface area contributed by atoms with E-state index in [2.05, 4.69) is 27.0 Å². The summed E-state index contributed by atoms with van der Waals surface area (Å²) < 4.78 is 24.9. The molecule has 0 aromatic rings. The molecule has 0 rings (SSSR count). The number of phosphoric ester groups is 1. The van der Waals surface area contributed by atoms with Crippen LogP contribution in [0.15, 0.2) is 25.3 Å². The van der Waals surface area contributed by atoms with Gasteiger partial charge in [0.15, 0.2) is 0 Å². The summed E-state index contributed by atoms with van der Waals surface area (Å²) in [4.78, 5) is 40.1. The van der Waals surface area contributed by atoms with Crippen molar-refractivity contribution < 1.29 is 32.6 Å². The largest absolute Gasteiger partial charge is 0.472 e. The van der Waals surface area contributed by atoms with E-state index in [9.17, 15) is 19.0 Å². The molecule has 1 unspecified atom stereocenters. The van der Waals surface area contributed by atoms with Gasteiger partial charge in [0, 0.05) is 26.2 Å². The lowest BCUT2D eigenvalue weighted by atomic mass is 10.0. The van der Waals surface area contributed by atoms with Crippen LogP contribution in [-0.4, -0.2) is 97.6 Å². The molecule has 0 aromatic carbocycles. The number of quaternary nitrogens is 1. The molecule has 56 heavy (non-hydrogen) atoms. The number of rotatable bonds is 42. The summed E-state index contributed by atoms with van der Waals surface area (Å²) in [5, 5.41) is 0. The molecule has 9 nitrogen and oxygen atoms in total. The minimum Gasteiger partial charge on any atom is -0.336 e. The highest BCUT2D eigenvalue weighted by Crippen LogP contribution is 2.44. The first-order valence-corrected chi connectivity index (χ1v) is 24.7. The second-order valence-corrected chi connectivity index (χ2v) is 18.6. The lowest BCUT2D eigenvalue weighted by molar-refractivity contribution is -0.870.